The Bertz CT molecular complexity index is 717. The number of halogens is 1. The fourth-order valence-corrected chi connectivity index (χ4v) is 2.73. The lowest BCUT2D eigenvalue weighted by Crippen LogP contribution is -2.28. The van der Waals surface area contributed by atoms with E-state index in [0.29, 0.717) is 6.54 Å². The Morgan fingerprint density at radius 1 is 1.55 bits per heavy atom. The smallest absolute Gasteiger partial charge is 0.285 e. The first-order valence-electron chi connectivity index (χ1n) is 6.52. The van der Waals surface area contributed by atoms with Gasteiger partial charge in [0, 0.05) is 23.5 Å². The molecule has 0 radical (unpaired) electrons. The van der Waals surface area contributed by atoms with Gasteiger partial charge < -0.3 is 5.32 Å². The van der Waals surface area contributed by atoms with E-state index in [0.717, 1.165) is 28.9 Å². The van der Waals surface area contributed by atoms with Crippen LogP contribution in [0.4, 0.5) is 10.1 Å². The number of thiazole rings is 1. The van der Waals surface area contributed by atoms with Crippen molar-refractivity contribution in [3.8, 4) is 0 Å². The zero-order chi connectivity index (χ0) is 16.3. The molecule has 0 saturated carbocycles. The molecule has 116 valence electrons. The molecule has 22 heavy (non-hydrogen) atoms. The number of hydrogen-bond donors (Lipinski definition) is 1. The molecule has 1 N–H and O–H groups in total. The van der Waals surface area contributed by atoms with Crippen molar-refractivity contribution in [3.05, 3.63) is 55.8 Å². The Balaban J connectivity index is 2.08. The molecular weight excluding hydrogens is 309 g/mol. The first kappa shape index (κ1) is 16.0. The highest BCUT2D eigenvalue weighted by atomic mass is 32.1. The minimum absolute atomic E-state index is 0.0119. The van der Waals surface area contributed by atoms with Gasteiger partial charge in [0.15, 0.2) is 0 Å². The average Bonchev–Trinajstić information content (AvgIpc) is 2.91. The third-order valence-corrected chi connectivity index (χ3v) is 4.22. The van der Waals surface area contributed by atoms with Crippen LogP contribution in [0.3, 0.4) is 0 Å². The van der Waals surface area contributed by atoms with Crippen LogP contribution in [-0.2, 0) is 0 Å². The minimum Gasteiger partial charge on any atom is -0.351 e. The Hall–Kier alpha value is -2.35. The second kappa shape index (κ2) is 6.61. The van der Waals surface area contributed by atoms with E-state index in [9.17, 15) is 19.3 Å². The maximum atomic E-state index is 13.1. The molecule has 2 rings (SSSR count). The summed E-state index contributed by atoms with van der Waals surface area (Å²) in [4.78, 5) is 26.5. The molecule has 0 spiro atoms. The van der Waals surface area contributed by atoms with Crippen molar-refractivity contribution in [1.29, 1.82) is 0 Å². The highest BCUT2D eigenvalue weighted by molar-refractivity contribution is 7.09. The number of hydrogen-bond acceptors (Lipinski definition) is 5. The van der Waals surface area contributed by atoms with Gasteiger partial charge in [-0.05, 0) is 19.1 Å². The van der Waals surface area contributed by atoms with Crippen LogP contribution < -0.4 is 5.32 Å². The van der Waals surface area contributed by atoms with Crippen LogP contribution in [0.5, 0.6) is 0 Å². The van der Waals surface area contributed by atoms with Gasteiger partial charge in [0.2, 0.25) is 0 Å². The van der Waals surface area contributed by atoms with Crippen molar-refractivity contribution in [2.45, 2.75) is 19.8 Å². The fraction of sp³-hybridized carbons (Fsp3) is 0.286. The van der Waals surface area contributed by atoms with Gasteiger partial charge in [-0.1, -0.05) is 6.92 Å². The summed E-state index contributed by atoms with van der Waals surface area (Å²) in [5.74, 6) is -1.37. The molecule has 1 atom stereocenters. The van der Waals surface area contributed by atoms with Gasteiger partial charge in [0.25, 0.3) is 11.6 Å². The number of carbonyl (C=O) groups is 1. The Kier molecular flexibility index (Phi) is 4.81. The predicted octanol–water partition coefficient (Wildman–Crippen LogP) is 3.03. The summed E-state index contributed by atoms with van der Waals surface area (Å²) in [6, 6.07) is 2.87. The predicted molar refractivity (Wildman–Crippen MR) is 80.7 cm³/mol. The summed E-state index contributed by atoms with van der Waals surface area (Å²) < 4.78 is 13.1. The Morgan fingerprint density at radius 2 is 2.27 bits per heavy atom. The quantitative estimate of drug-likeness (QED) is 0.677. The minimum atomic E-state index is -0.772. The first-order valence-corrected chi connectivity index (χ1v) is 7.40. The van der Waals surface area contributed by atoms with Gasteiger partial charge in [0.05, 0.1) is 16.0 Å². The zero-order valence-corrected chi connectivity index (χ0v) is 12.8. The van der Waals surface area contributed by atoms with E-state index >= 15 is 0 Å². The topological polar surface area (TPSA) is 85.1 Å². The molecule has 1 aromatic heterocycles. The van der Waals surface area contributed by atoms with E-state index in [4.69, 9.17) is 0 Å². The fourth-order valence-electron chi connectivity index (χ4n) is 1.87. The molecule has 0 aliphatic heterocycles. The van der Waals surface area contributed by atoms with Crippen LogP contribution in [0.25, 0.3) is 0 Å². The second-order valence-electron chi connectivity index (χ2n) is 4.86. The van der Waals surface area contributed by atoms with E-state index in [2.05, 4.69) is 10.3 Å². The highest BCUT2D eigenvalue weighted by Crippen LogP contribution is 2.21. The summed E-state index contributed by atoms with van der Waals surface area (Å²) in [7, 11) is 0. The van der Waals surface area contributed by atoms with Gasteiger partial charge in [-0.25, -0.2) is 9.37 Å². The standard InChI is InChI=1S/C14H14FN3O3S/c1-8(14-17-9(2)7-22-14)6-16-13(19)11-4-3-10(15)5-12(11)18(20)21/h3-5,7-8H,6H2,1-2H3,(H,16,19). The molecule has 2 aromatic rings. The van der Waals surface area contributed by atoms with Crippen molar-refractivity contribution >= 4 is 22.9 Å². The van der Waals surface area contributed by atoms with E-state index in [-0.39, 0.29) is 11.5 Å². The number of aryl methyl sites for hydroxylation is 1. The molecule has 1 amide bonds. The molecule has 0 bridgehead atoms. The molecule has 0 aliphatic rings. The second-order valence-corrected chi connectivity index (χ2v) is 5.75. The molecule has 6 nitrogen and oxygen atoms in total. The largest absolute Gasteiger partial charge is 0.351 e. The summed E-state index contributed by atoms with van der Waals surface area (Å²) >= 11 is 1.49. The number of rotatable bonds is 5. The number of nitrogens with zero attached hydrogens (tertiary/aromatic N) is 2. The van der Waals surface area contributed by atoms with E-state index in [1.165, 1.54) is 11.3 Å². The maximum Gasteiger partial charge on any atom is 0.285 e. The van der Waals surface area contributed by atoms with E-state index in [1.807, 2.05) is 19.2 Å². The number of nitro benzene ring substituents is 1. The molecule has 8 heteroatoms. The van der Waals surface area contributed by atoms with Crippen molar-refractivity contribution in [2.75, 3.05) is 6.54 Å². The number of aromatic nitrogens is 1. The number of benzene rings is 1. The molecular formula is C14H14FN3O3S. The molecule has 0 saturated heterocycles. The van der Waals surface area contributed by atoms with Crippen molar-refractivity contribution in [1.82, 2.24) is 10.3 Å². The van der Waals surface area contributed by atoms with Crippen molar-refractivity contribution in [3.63, 3.8) is 0 Å². The number of nitro groups is 1. The number of amides is 1. The van der Waals surface area contributed by atoms with Crippen LogP contribution in [0.1, 0.15) is 33.9 Å². The van der Waals surface area contributed by atoms with Crippen LogP contribution in [0.2, 0.25) is 0 Å². The van der Waals surface area contributed by atoms with Gasteiger partial charge in [-0.3, -0.25) is 14.9 Å². The van der Waals surface area contributed by atoms with Crippen LogP contribution in [0, 0.1) is 22.9 Å². The van der Waals surface area contributed by atoms with Gasteiger partial charge >= 0.3 is 0 Å². The molecule has 1 aromatic carbocycles. The van der Waals surface area contributed by atoms with E-state index in [1.54, 1.807) is 0 Å². The molecule has 1 unspecified atom stereocenters. The lowest BCUT2D eigenvalue weighted by Gasteiger charge is -2.10. The molecule has 0 fully saturated rings. The zero-order valence-electron chi connectivity index (χ0n) is 12.0. The van der Waals surface area contributed by atoms with Gasteiger partial charge in [0.1, 0.15) is 11.4 Å². The monoisotopic (exact) mass is 323 g/mol. The summed E-state index contributed by atoms with van der Waals surface area (Å²) in [6.45, 7) is 4.07. The normalized spacial score (nSPS) is 12.0. The summed E-state index contributed by atoms with van der Waals surface area (Å²) in [5, 5.41) is 16.3. The average molecular weight is 323 g/mol. The number of nitrogens with one attached hydrogen (secondary N) is 1. The third-order valence-electron chi connectivity index (χ3n) is 3.03. The maximum absolute atomic E-state index is 13.1. The lowest BCUT2D eigenvalue weighted by atomic mass is 10.1. The van der Waals surface area contributed by atoms with Crippen LogP contribution in [0.15, 0.2) is 23.6 Å². The van der Waals surface area contributed by atoms with Gasteiger partial charge in [-0.15, -0.1) is 11.3 Å². The first-order chi connectivity index (χ1) is 10.4. The van der Waals surface area contributed by atoms with Gasteiger partial charge in [-0.2, -0.15) is 0 Å². The summed E-state index contributed by atoms with van der Waals surface area (Å²) in [5.41, 5.74) is 0.205. The van der Waals surface area contributed by atoms with Crippen molar-refractivity contribution in [2.24, 2.45) is 0 Å². The summed E-state index contributed by atoms with van der Waals surface area (Å²) in [6.07, 6.45) is 0. The lowest BCUT2D eigenvalue weighted by molar-refractivity contribution is -0.385. The molecule has 1 heterocycles. The Morgan fingerprint density at radius 3 is 2.86 bits per heavy atom. The van der Waals surface area contributed by atoms with Crippen molar-refractivity contribution < 1.29 is 14.1 Å². The molecule has 0 aliphatic carbocycles. The third kappa shape index (κ3) is 3.64. The SMILES string of the molecule is Cc1csc(C(C)CNC(=O)c2ccc(F)cc2[N+](=O)[O-])n1. The van der Waals surface area contributed by atoms with E-state index < -0.39 is 22.3 Å². The van der Waals surface area contributed by atoms with Crippen LogP contribution in [-0.4, -0.2) is 22.4 Å². The highest BCUT2D eigenvalue weighted by Gasteiger charge is 2.21. The Labute approximate surface area is 130 Å². The number of carbonyl (C=O) groups excluding carboxylic acids is 1. The van der Waals surface area contributed by atoms with Crippen LogP contribution >= 0.6 is 11.3 Å².